The molecule has 0 aliphatic heterocycles. The van der Waals surface area contributed by atoms with Crippen LogP contribution in [0.1, 0.15) is 57.9 Å². The van der Waals surface area contributed by atoms with Crippen LogP contribution in [0.25, 0.3) is 11.3 Å². The minimum atomic E-state index is -0.565. The molecule has 1 aliphatic carbocycles. The molecule has 1 atom stereocenters. The van der Waals surface area contributed by atoms with Gasteiger partial charge < -0.3 is 24.0 Å². The van der Waals surface area contributed by atoms with Gasteiger partial charge in [0.15, 0.2) is 0 Å². The average Bonchev–Trinajstić information content (AvgIpc) is 3.26. The number of rotatable bonds is 14. The van der Waals surface area contributed by atoms with Crippen molar-refractivity contribution in [3.8, 4) is 11.3 Å². The van der Waals surface area contributed by atoms with Crippen molar-refractivity contribution in [3.05, 3.63) is 35.9 Å². The van der Waals surface area contributed by atoms with Gasteiger partial charge in [0.05, 0.1) is 24.4 Å². The first-order valence-electron chi connectivity index (χ1n) is 12.8. The van der Waals surface area contributed by atoms with Gasteiger partial charge in [-0.15, -0.1) is 0 Å². The summed E-state index contributed by atoms with van der Waals surface area (Å²) >= 11 is 0. The van der Waals surface area contributed by atoms with Crippen LogP contribution in [0.3, 0.4) is 0 Å². The van der Waals surface area contributed by atoms with E-state index in [-0.39, 0.29) is 6.10 Å². The Bertz CT molecular complexity index is 821. The molecule has 1 heterocycles. The van der Waals surface area contributed by atoms with Gasteiger partial charge in [-0.3, -0.25) is 4.90 Å². The lowest BCUT2D eigenvalue weighted by Gasteiger charge is -2.32. The maximum atomic E-state index is 10.7. The Hall–Kier alpha value is -1.93. The number of aliphatic hydroxyl groups is 1. The van der Waals surface area contributed by atoms with Gasteiger partial charge in [-0.25, -0.2) is 0 Å². The van der Waals surface area contributed by atoms with Gasteiger partial charge in [0.2, 0.25) is 5.88 Å². The summed E-state index contributed by atoms with van der Waals surface area (Å²) in [5.41, 5.74) is 3.00. The van der Waals surface area contributed by atoms with E-state index < -0.39 is 6.10 Å². The van der Waals surface area contributed by atoms with Gasteiger partial charge in [0.1, 0.15) is 5.69 Å². The molecule has 190 valence electrons. The summed E-state index contributed by atoms with van der Waals surface area (Å²) in [5.74, 6) is 0.843. The molecule has 0 radical (unpaired) electrons. The molecular weight excluding hydrogens is 430 g/mol. The number of nitrogens with zero attached hydrogens (tertiary/aromatic N) is 3. The number of aromatic nitrogens is 1. The topological polar surface area (TPSA) is 71.2 Å². The number of aliphatic hydroxyl groups excluding tert-OH is 1. The molecule has 2 aromatic rings. The first-order chi connectivity index (χ1) is 16.5. The maximum Gasteiger partial charge on any atom is 0.232 e. The Morgan fingerprint density at radius 1 is 1.15 bits per heavy atom. The zero-order chi connectivity index (χ0) is 24.3. The van der Waals surface area contributed by atoms with Crippen LogP contribution in [0.4, 0.5) is 5.88 Å². The number of hydrogen-bond acceptors (Lipinski definition) is 7. The zero-order valence-electron chi connectivity index (χ0n) is 21.4. The van der Waals surface area contributed by atoms with Crippen LogP contribution in [-0.4, -0.2) is 73.9 Å². The van der Waals surface area contributed by atoms with E-state index in [9.17, 15) is 5.11 Å². The van der Waals surface area contributed by atoms with Crippen molar-refractivity contribution in [2.45, 2.75) is 77.2 Å². The highest BCUT2D eigenvalue weighted by Gasteiger charge is 2.28. The minimum Gasteiger partial charge on any atom is -0.389 e. The van der Waals surface area contributed by atoms with Gasteiger partial charge in [-0.05, 0) is 33.1 Å². The molecular formula is C27H43N3O4. The first-order valence-corrected chi connectivity index (χ1v) is 12.8. The van der Waals surface area contributed by atoms with Crippen LogP contribution in [0.5, 0.6) is 0 Å². The highest BCUT2D eigenvalue weighted by Crippen LogP contribution is 2.35. The number of methoxy groups -OCH3 is 1. The molecule has 1 fully saturated rings. The molecule has 1 N–H and O–H groups in total. The highest BCUT2D eigenvalue weighted by atomic mass is 16.5. The standard InChI is InChI=1S/C27H43N3O4/c1-21(2)33-20-24(31)18-30(16-11-17-32-4)19-25-26(22-12-7-5-8-13-22)28-34-27(25)29(3)23-14-9-6-10-15-23/h5,7-8,12-13,21,23-24,31H,6,9-11,14-20H2,1-4H3. The number of ether oxygens (including phenoxy) is 2. The lowest BCUT2D eigenvalue weighted by molar-refractivity contribution is -0.0103. The van der Waals surface area contributed by atoms with Crippen LogP contribution < -0.4 is 4.90 Å². The lowest BCUT2D eigenvalue weighted by Crippen LogP contribution is -2.37. The summed E-state index contributed by atoms with van der Waals surface area (Å²) in [7, 11) is 3.86. The summed E-state index contributed by atoms with van der Waals surface area (Å²) in [4.78, 5) is 4.56. The molecule has 1 saturated carbocycles. The quantitative estimate of drug-likeness (QED) is 0.398. The second-order valence-corrected chi connectivity index (χ2v) is 9.70. The van der Waals surface area contributed by atoms with Crippen LogP contribution in [-0.2, 0) is 16.0 Å². The van der Waals surface area contributed by atoms with Crippen molar-refractivity contribution < 1.29 is 19.1 Å². The smallest absolute Gasteiger partial charge is 0.232 e. The average molecular weight is 474 g/mol. The van der Waals surface area contributed by atoms with Crippen molar-refractivity contribution in [1.82, 2.24) is 10.1 Å². The predicted molar refractivity (Wildman–Crippen MR) is 136 cm³/mol. The van der Waals surface area contributed by atoms with Crippen molar-refractivity contribution in [1.29, 1.82) is 0 Å². The number of hydrogen-bond donors (Lipinski definition) is 1. The lowest BCUT2D eigenvalue weighted by atomic mass is 9.94. The maximum absolute atomic E-state index is 10.7. The SMILES string of the molecule is COCCCN(Cc1c(-c2ccccc2)noc1N(C)C1CCCCC1)CC(O)COC(C)C. The predicted octanol–water partition coefficient (Wildman–Crippen LogP) is 4.73. The van der Waals surface area contributed by atoms with E-state index in [0.717, 1.165) is 35.7 Å². The summed E-state index contributed by atoms with van der Waals surface area (Å²) < 4.78 is 17.0. The van der Waals surface area contributed by atoms with Crippen LogP contribution in [0.2, 0.25) is 0 Å². The van der Waals surface area contributed by atoms with Crippen molar-refractivity contribution in [3.63, 3.8) is 0 Å². The van der Waals surface area contributed by atoms with E-state index >= 15 is 0 Å². The molecule has 0 bridgehead atoms. The zero-order valence-corrected chi connectivity index (χ0v) is 21.4. The van der Waals surface area contributed by atoms with Crippen molar-refractivity contribution in [2.24, 2.45) is 0 Å². The summed E-state index contributed by atoms with van der Waals surface area (Å²) in [6, 6.07) is 10.7. The van der Waals surface area contributed by atoms with Crippen LogP contribution >= 0.6 is 0 Å². The summed E-state index contributed by atoms with van der Waals surface area (Å²) in [6.07, 6.45) is 6.60. The molecule has 0 saturated heterocycles. The molecule has 0 spiro atoms. The normalized spacial score (nSPS) is 15.9. The van der Waals surface area contributed by atoms with Gasteiger partial charge in [-0.2, -0.15) is 0 Å². The van der Waals surface area contributed by atoms with E-state index in [2.05, 4.69) is 34.1 Å². The Morgan fingerprint density at radius 3 is 2.56 bits per heavy atom. The first kappa shape index (κ1) is 26.7. The second kappa shape index (κ2) is 13.8. The fourth-order valence-electron chi connectivity index (χ4n) is 4.72. The molecule has 1 aromatic heterocycles. The van der Waals surface area contributed by atoms with Gasteiger partial charge in [-0.1, -0.05) is 54.8 Å². The van der Waals surface area contributed by atoms with Crippen LogP contribution in [0, 0.1) is 0 Å². The summed E-state index contributed by atoms with van der Waals surface area (Å²) in [5, 5.41) is 15.2. The highest BCUT2D eigenvalue weighted by molar-refractivity contribution is 5.68. The van der Waals surface area contributed by atoms with Gasteiger partial charge >= 0.3 is 0 Å². The summed E-state index contributed by atoms with van der Waals surface area (Å²) in [6.45, 7) is 6.94. The fraction of sp³-hybridized carbons (Fsp3) is 0.667. The fourth-order valence-corrected chi connectivity index (χ4v) is 4.72. The van der Waals surface area contributed by atoms with Gasteiger partial charge in [0.25, 0.3) is 0 Å². The minimum absolute atomic E-state index is 0.0927. The number of anilines is 1. The van der Waals surface area contributed by atoms with E-state index in [4.69, 9.17) is 14.0 Å². The van der Waals surface area contributed by atoms with Gasteiger partial charge in [0, 0.05) is 52.0 Å². The molecule has 1 aliphatic rings. The van der Waals surface area contributed by atoms with Crippen molar-refractivity contribution in [2.75, 3.05) is 45.4 Å². The Balaban J connectivity index is 1.86. The molecule has 34 heavy (non-hydrogen) atoms. The number of benzene rings is 1. The monoisotopic (exact) mass is 473 g/mol. The third-order valence-electron chi connectivity index (χ3n) is 6.55. The largest absolute Gasteiger partial charge is 0.389 e. The van der Waals surface area contributed by atoms with E-state index in [1.807, 2.05) is 32.0 Å². The van der Waals surface area contributed by atoms with E-state index in [1.54, 1.807) is 7.11 Å². The third-order valence-corrected chi connectivity index (χ3v) is 6.55. The molecule has 7 nitrogen and oxygen atoms in total. The van der Waals surface area contributed by atoms with E-state index in [1.165, 1.54) is 32.1 Å². The van der Waals surface area contributed by atoms with Crippen molar-refractivity contribution >= 4 is 5.88 Å². The Labute approximate surface area is 205 Å². The Kier molecular flexibility index (Phi) is 10.8. The third kappa shape index (κ3) is 7.80. The molecule has 7 heteroatoms. The molecule has 0 amide bonds. The van der Waals surface area contributed by atoms with E-state index in [0.29, 0.717) is 32.3 Å². The van der Waals surface area contributed by atoms with Crippen LogP contribution in [0.15, 0.2) is 34.9 Å². The molecule has 1 unspecified atom stereocenters. The molecule has 3 rings (SSSR count). The molecule has 1 aromatic carbocycles. The second-order valence-electron chi connectivity index (χ2n) is 9.70. The Morgan fingerprint density at radius 2 is 1.88 bits per heavy atom.